The van der Waals surface area contributed by atoms with Crippen LogP contribution >= 0.6 is 0 Å². The maximum Gasteiger partial charge on any atom is 0.323 e. The molecule has 2 rings (SSSR count). The molecule has 2 aromatic rings. The molecule has 10 nitrogen and oxygen atoms in total. The number of carbonyl (C=O) groups is 2. The molecule has 0 aliphatic heterocycles. The average Bonchev–Trinajstić information content (AvgIpc) is 3.38. The van der Waals surface area contributed by atoms with E-state index in [9.17, 15) is 9.59 Å². The molecule has 0 spiro atoms. The van der Waals surface area contributed by atoms with Crippen molar-refractivity contribution in [1.82, 2.24) is 19.5 Å². The summed E-state index contributed by atoms with van der Waals surface area (Å²) >= 11 is 0. The quantitative estimate of drug-likeness (QED) is 0.0890. The van der Waals surface area contributed by atoms with E-state index in [1.54, 1.807) is 12.5 Å². The van der Waals surface area contributed by atoms with Crippen molar-refractivity contribution >= 4 is 29.1 Å². The zero-order chi connectivity index (χ0) is 30.6. The Hall–Kier alpha value is -3.01. The molecule has 3 atom stereocenters. The Morgan fingerprint density at radius 2 is 1.67 bits per heavy atom. The van der Waals surface area contributed by atoms with Gasteiger partial charge in [0, 0.05) is 18.9 Å². The van der Waals surface area contributed by atoms with Gasteiger partial charge in [-0.15, -0.1) is 0 Å². The van der Waals surface area contributed by atoms with Gasteiger partial charge in [0.2, 0.25) is 5.95 Å². The molecule has 4 N–H and O–H groups in total. The number of nitrogens with two attached hydrogens (primary N) is 2. The van der Waals surface area contributed by atoms with E-state index in [1.807, 2.05) is 18.4 Å². The number of hydrogen-bond acceptors (Lipinski definition) is 9. The molecule has 42 heavy (non-hydrogen) atoms. The number of hydrogen-bond donors (Lipinski definition) is 2. The van der Waals surface area contributed by atoms with Crippen molar-refractivity contribution in [3.05, 3.63) is 24.7 Å². The molecular formula is C32H54N6O4. The molecule has 0 saturated carbocycles. The van der Waals surface area contributed by atoms with E-state index >= 15 is 0 Å². The highest BCUT2D eigenvalue weighted by Gasteiger charge is 2.22. The predicted octanol–water partition coefficient (Wildman–Crippen LogP) is 6.13. The topological polar surface area (TPSA) is 148 Å². The second-order valence-electron chi connectivity index (χ2n) is 11.4. The number of aromatic nitrogens is 4. The minimum Gasteiger partial charge on any atom is -0.465 e. The normalized spacial score (nSPS) is 13.8. The molecule has 1 unspecified atom stereocenters. The minimum atomic E-state index is -0.652. The lowest BCUT2D eigenvalue weighted by Crippen LogP contribution is -2.38. The van der Waals surface area contributed by atoms with Gasteiger partial charge >= 0.3 is 11.9 Å². The Kier molecular flexibility index (Phi) is 17.4. The number of esters is 2. The number of nitrogen functional groups attached to an aromatic ring is 1. The van der Waals surface area contributed by atoms with E-state index in [1.165, 1.54) is 44.9 Å². The van der Waals surface area contributed by atoms with Crippen molar-refractivity contribution in [2.75, 3.05) is 18.9 Å². The number of ether oxygens (including phenoxy) is 2. The lowest BCUT2D eigenvalue weighted by Gasteiger charge is -2.20. The third-order valence-corrected chi connectivity index (χ3v) is 7.75. The fourth-order valence-electron chi connectivity index (χ4n) is 4.69. The highest BCUT2D eigenvalue weighted by atomic mass is 16.5. The summed E-state index contributed by atoms with van der Waals surface area (Å²) in [6, 6.07) is -0.652. The van der Waals surface area contributed by atoms with E-state index in [2.05, 4.69) is 34.0 Å². The minimum absolute atomic E-state index is 0.0404. The summed E-state index contributed by atoms with van der Waals surface area (Å²) in [5.74, 6) is -0.529. The van der Waals surface area contributed by atoms with Crippen molar-refractivity contribution < 1.29 is 19.1 Å². The van der Waals surface area contributed by atoms with Crippen LogP contribution in [0.2, 0.25) is 0 Å². The molecule has 0 aromatic carbocycles. The van der Waals surface area contributed by atoms with E-state index in [0.717, 1.165) is 32.1 Å². The average molecular weight is 587 g/mol. The molecule has 0 amide bonds. The number of nitrogens with zero attached hydrogens (tertiary/aromatic N) is 4. The van der Waals surface area contributed by atoms with Crippen LogP contribution < -0.4 is 11.5 Å². The van der Waals surface area contributed by atoms with Crippen LogP contribution in [0.25, 0.3) is 11.2 Å². The first kappa shape index (κ1) is 35.2. The van der Waals surface area contributed by atoms with Gasteiger partial charge in [0.15, 0.2) is 5.65 Å². The Labute approximate surface area is 252 Å². The molecule has 2 heterocycles. The van der Waals surface area contributed by atoms with Crippen LogP contribution in [0.5, 0.6) is 0 Å². The molecule has 0 bridgehead atoms. The Bertz CT molecular complexity index is 1070. The molecule has 236 valence electrons. The van der Waals surface area contributed by atoms with Crippen LogP contribution in [0.15, 0.2) is 24.7 Å². The standard InChI is InChI=1S/C32H54N6O4/c1-4-6-7-8-9-10-11-12-13-14-15-16-17-18-28(39)42-23-26(19-20-41-31(40)29(33)25(3)5-2)22-38-24-36-27-21-35-32(34)37-30(27)38/h10-11,21,24-26,29H,4-9,12-20,22-23,33H2,1-3H3,(H2,34,35,37)/t25-,26?,29-/m0/s1. The Balaban J connectivity index is 1.74. The lowest BCUT2D eigenvalue weighted by molar-refractivity contribution is -0.149. The van der Waals surface area contributed by atoms with Crippen LogP contribution in [0.3, 0.4) is 0 Å². The zero-order valence-electron chi connectivity index (χ0n) is 26.1. The lowest BCUT2D eigenvalue weighted by atomic mass is 10.0. The number of unbranched alkanes of at least 4 members (excludes halogenated alkanes) is 9. The first-order valence-electron chi connectivity index (χ1n) is 16.0. The number of rotatable bonds is 23. The van der Waals surface area contributed by atoms with E-state index < -0.39 is 12.0 Å². The largest absolute Gasteiger partial charge is 0.465 e. The first-order valence-corrected chi connectivity index (χ1v) is 16.0. The second-order valence-corrected chi connectivity index (χ2v) is 11.4. The third-order valence-electron chi connectivity index (χ3n) is 7.75. The summed E-state index contributed by atoms with van der Waals surface area (Å²) in [4.78, 5) is 37.5. The summed E-state index contributed by atoms with van der Waals surface area (Å²) in [6.45, 7) is 7.03. The highest BCUT2D eigenvalue weighted by molar-refractivity contribution is 5.75. The van der Waals surface area contributed by atoms with Gasteiger partial charge in [0.05, 0.1) is 25.7 Å². The zero-order valence-corrected chi connectivity index (χ0v) is 26.1. The molecule has 10 heteroatoms. The maximum atomic E-state index is 12.5. The van der Waals surface area contributed by atoms with Gasteiger partial charge in [0.25, 0.3) is 0 Å². The maximum absolute atomic E-state index is 12.5. The van der Waals surface area contributed by atoms with Crippen molar-refractivity contribution in [3.63, 3.8) is 0 Å². The SMILES string of the molecule is CCCCCCC=CCCCCCCCC(=O)OCC(CCOC(=O)[C@@H](N)[C@@H](C)CC)Cn1cnc2cnc(N)nc21. The van der Waals surface area contributed by atoms with Crippen molar-refractivity contribution in [3.8, 4) is 0 Å². The molecular weight excluding hydrogens is 532 g/mol. The number of carbonyl (C=O) groups excluding carboxylic acids is 2. The first-order chi connectivity index (χ1) is 20.3. The highest BCUT2D eigenvalue weighted by Crippen LogP contribution is 2.17. The van der Waals surface area contributed by atoms with Gasteiger partial charge in [-0.3, -0.25) is 9.59 Å². The van der Waals surface area contributed by atoms with Crippen LogP contribution in [0.1, 0.15) is 111 Å². The van der Waals surface area contributed by atoms with Crippen LogP contribution in [-0.2, 0) is 25.6 Å². The number of fused-ring (bicyclic) bond motifs is 1. The summed E-state index contributed by atoms with van der Waals surface area (Å²) in [6.07, 6.45) is 22.5. The third kappa shape index (κ3) is 13.8. The monoisotopic (exact) mass is 586 g/mol. The molecule has 0 aliphatic carbocycles. The summed E-state index contributed by atoms with van der Waals surface area (Å²) < 4.78 is 13.0. The van der Waals surface area contributed by atoms with Crippen LogP contribution in [-0.4, -0.2) is 50.7 Å². The van der Waals surface area contributed by atoms with E-state index in [0.29, 0.717) is 30.6 Å². The number of allylic oxidation sites excluding steroid dienone is 2. The predicted molar refractivity (Wildman–Crippen MR) is 167 cm³/mol. The van der Waals surface area contributed by atoms with Gasteiger partial charge < -0.3 is 25.5 Å². The molecule has 0 aliphatic rings. The Morgan fingerprint density at radius 1 is 0.976 bits per heavy atom. The molecule has 0 fully saturated rings. The molecule has 2 aromatic heterocycles. The van der Waals surface area contributed by atoms with Crippen molar-refractivity contribution in [1.29, 1.82) is 0 Å². The summed E-state index contributed by atoms with van der Waals surface area (Å²) in [5, 5.41) is 0. The van der Waals surface area contributed by atoms with Gasteiger partial charge in [-0.05, 0) is 44.4 Å². The number of imidazole rings is 1. The smallest absolute Gasteiger partial charge is 0.323 e. The van der Waals surface area contributed by atoms with Gasteiger partial charge in [-0.1, -0.05) is 77.9 Å². The fraction of sp³-hybridized carbons (Fsp3) is 0.719. The van der Waals surface area contributed by atoms with Gasteiger partial charge in [-0.2, -0.15) is 4.98 Å². The molecule has 0 saturated heterocycles. The summed E-state index contributed by atoms with van der Waals surface area (Å²) in [5.41, 5.74) is 13.0. The fourth-order valence-corrected chi connectivity index (χ4v) is 4.69. The van der Waals surface area contributed by atoms with E-state index in [4.69, 9.17) is 20.9 Å². The Morgan fingerprint density at radius 3 is 2.38 bits per heavy atom. The van der Waals surface area contributed by atoms with E-state index in [-0.39, 0.29) is 37.0 Å². The summed E-state index contributed by atoms with van der Waals surface area (Å²) in [7, 11) is 0. The molecule has 0 radical (unpaired) electrons. The van der Waals surface area contributed by atoms with Crippen molar-refractivity contribution in [2.45, 2.75) is 123 Å². The van der Waals surface area contributed by atoms with Crippen LogP contribution in [0, 0.1) is 11.8 Å². The van der Waals surface area contributed by atoms with Crippen LogP contribution in [0.4, 0.5) is 5.95 Å². The number of anilines is 1. The second kappa shape index (κ2) is 20.8. The van der Waals surface area contributed by atoms with Crippen molar-refractivity contribution in [2.24, 2.45) is 17.6 Å². The van der Waals surface area contributed by atoms with Gasteiger partial charge in [-0.25, -0.2) is 9.97 Å². The van der Waals surface area contributed by atoms with Gasteiger partial charge in [0.1, 0.15) is 11.6 Å².